The van der Waals surface area contributed by atoms with Crippen molar-refractivity contribution in [2.24, 2.45) is 0 Å². The molecule has 168 valence electrons. The molecule has 1 aliphatic rings. The molecule has 0 N–H and O–H groups in total. The molecule has 0 aromatic heterocycles. The number of methoxy groups -OCH3 is 1. The number of amides is 3. The Hall–Kier alpha value is -4.07. The Morgan fingerprint density at radius 2 is 1.52 bits per heavy atom. The van der Waals surface area contributed by atoms with Crippen LogP contribution in [0.15, 0.2) is 72.8 Å². The number of hydrogen-bond acceptors (Lipinski definition) is 4. The van der Waals surface area contributed by atoms with Gasteiger partial charge in [-0.2, -0.15) is 0 Å². The lowest BCUT2D eigenvalue weighted by molar-refractivity contribution is -0.122. The fourth-order valence-corrected chi connectivity index (χ4v) is 3.73. The average molecular weight is 450 g/mol. The van der Waals surface area contributed by atoms with Crippen molar-refractivity contribution in [2.45, 2.75) is 19.0 Å². The van der Waals surface area contributed by atoms with Gasteiger partial charge in [-0.3, -0.25) is 14.4 Å². The largest absolute Gasteiger partial charge is 0.497 e. The van der Waals surface area contributed by atoms with Crippen LogP contribution in [-0.2, 0) is 16.1 Å². The average Bonchev–Trinajstić information content (AvgIpc) is 3.12. The second kappa shape index (κ2) is 9.20. The molecule has 0 saturated carbocycles. The highest BCUT2D eigenvalue weighted by Crippen LogP contribution is 2.28. The van der Waals surface area contributed by atoms with Gasteiger partial charge in [0, 0.05) is 12.1 Å². The predicted molar refractivity (Wildman–Crippen MR) is 117 cm³/mol. The predicted octanol–water partition coefficient (Wildman–Crippen LogP) is 3.95. The first-order valence-corrected chi connectivity index (χ1v) is 10.2. The number of imide groups is 1. The molecule has 1 aliphatic heterocycles. The van der Waals surface area contributed by atoms with Crippen LogP contribution in [0, 0.1) is 11.6 Å². The summed E-state index contributed by atoms with van der Waals surface area (Å²) in [7, 11) is 1.50. The fourth-order valence-electron chi connectivity index (χ4n) is 3.73. The summed E-state index contributed by atoms with van der Waals surface area (Å²) in [5.41, 5.74) is 1.13. The van der Waals surface area contributed by atoms with Gasteiger partial charge in [-0.25, -0.2) is 13.7 Å². The summed E-state index contributed by atoms with van der Waals surface area (Å²) in [4.78, 5) is 41.7. The molecule has 0 spiro atoms. The van der Waals surface area contributed by atoms with E-state index < -0.39 is 35.4 Å². The van der Waals surface area contributed by atoms with Crippen molar-refractivity contribution in [3.63, 3.8) is 0 Å². The van der Waals surface area contributed by atoms with Crippen LogP contribution in [0.1, 0.15) is 22.3 Å². The Bertz CT molecular complexity index is 1180. The molecule has 4 rings (SSSR count). The maximum Gasteiger partial charge on any atom is 0.257 e. The summed E-state index contributed by atoms with van der Waals surface area (Å²) >= 11 is 0. The van der Waals surface area contributed by atoms with Gasteiger partial charge in [0.15, 0.2) is 0 Å². The minimum Gasteiger partial charge on any atom is -0.497 e. The van der Waals surface area contributed by atoms with Crippen molar-refractivity contribution < 1.29 is 27.9 Å². The van der Waals surface area contributed by atoms with E-state index in [1.54, 1.807) is 24.3 Å². The van der Waals surface area contributed by atoms with Crippen LogP contribution in [0.25, 0.3) is 0 Å². The van der Waals surface area contributed by atoms with E-state index in [9.17, 15) is 23.2 Å². The maximum absolute atomic E-state index is 13.4. The molecule has 8 heteroatoms. The third-order valence-corrected chi connectivity index (χ3v) is 5.45. The molecule has 1 heterocycles. The minimum atomic E-state index is -1.07. The molecule has 6 nitrogen and oxygen atoms in total. The number of anilines is 1. The molecule has 3 amide bonds. The van der Waals surface area contributed by atoms with Crippen molar-refractivity contribution in [1.82, 2.24) is 4.90 Å². The van der Waals surface area contributed by atoms with E-state index in [1.807, 2.05) is 0 Å². The molecular weight excluding hydrogens is 430 g/mol. The van der Waals surface area contributed by atoms with Crippen molar-refractivity contribution in [1.29, 1.82) is 0 Å². The molecule has 0 radical (unpaired) electrons. The van der Waals surface area contributed by atoms with Gasteiger partial charge in [-0.15, -0.1) is 0 Å². The van der Waals surface area contributed by atoms with E-state index in [-0.39, 0.29) is 18.7 Å². The van der Waals surface area contributed by atoms with E-state index >= 15 is 0 Å². The second-order valence-electron chi connectivity index (χ2n) is 7.55. The fraction of sp³-hybridized carbons (Fsp3) is 0.160. The Kier molecular flexibility index (Phi) is 6.17. The van der Waals surface area contributed by atoms with E-state index in [1.165, 1.54) is 48.4 Å². The van der Waals surface area contributed by atoms with Crippen LogP contribution in [0.5, 0.6) is 5.75 Å². The topological polar surface area (TPSA) is 66.9 Å². The number of benzene rings is 3. The van der Waals surface area contributed by atoms with Gasteiger partial charge in [0.25, 0.3) is 11.8 Å². The van der Waals surface area contributed by atoms with Gasteiger partial charge >= 0.3 is 0 Å². The highest BCUT2D eigenvalue weighted by molar-refractivity contribution is 6.23. The zero-order chi connectivity index (χ0) is 23.5. The van der Waals surface area contributed by atoms with Crippen LogP contribution in [0.4, 0.5) is 14.5 Å². The summed E-state index contributed by atoms with van der Waals surface area (Å²) in [6, 6.07) is 15.8. The van der Waals surface area contributed by atoms with Crippen molar-refractivity contribution in [2.75, 3.05) is 12.0 Å². The maximum atomic E-state index is 13.4. The van der Waals surface area contributed by atoms with E-state index in [0.29, 0.717) is 16.9 Å². The Morgan fingerprint density at radius 3 is 2.09 bits per heavy atom. The van der Waals surface area contributed by atoms with E-state index in [0.717, 1.165) is 17.0 Å². The first-order valence-electron chi connectivity index (χ1n) is 10.2. The van der Waals surface area contributed by atoms with Crippen molar-refractivity contribution >= 4 is 23.4 Å². The molecular formula is C25H20F2N2O4. The van der Waals surface area contributed by atoms with E-state index in [4.69, 9.17) is 4.74 Å². The SMILES string of the molecule is COc1ccc(C(=O)N(Cc2ccc(F)cc2)C2CC(=O)N(c3ccc(F)cc3)C2=O)cc1. The first kappa shape index (κ1) is 22.1. The number of carbonyl (C=O) groups excluding carboxylic acids is 3. The van der Waals surface area contributed by atoms with Gasteiger partial charge < -0.3 is 9.64 Å². The summed E-state index contributed by atoms with van der Waals surface area (Å²) in [5, 5.41) is 0. The van der Waals surface area contributed by atoms with Crippen LogP contribution >= 0.6 is 0 Å². The summed E-state index contributed by atoms with van der Waals surface area (Å²) in [5.74, 6) is -1.91. The third kappa shape index (κ3) is 4.59. The Morgan fingerprint density at radius 1 is 0.939 bits per heavy atom. The van der Waals surface area contributed by atoms with Crippen LogP contribution in [0.3, 0.4) is 0 Å². The Balaban J connectivity index is 1.67. The van der Waals surface area contributed by atoms with Gasteiger partial charge in [0.2, 0.25) is 5.91 Å². The number of hydrogen-bond donors (Lipinski definition) is 0. The minimum absolute atomic E-state index is 0.00785. The second-order valence-corrected chi connectivity index (χ2v) is 7.55. The van der Waals surface area contributed by atoms with Gasteiger partial charge in [-0.05, 0) is 66.2 Å². The monoisotopic (exact) mass is 450 g/mol. The molecule has 3 aromatic rings. The Labute approximate surface area is 189 Å². The number of carbonyl (C=O) groups is 3. The van der Waals surface area contributed by atoms with E-state index in [2.05, 4.69) is 0 Å². The summed E-state index contributed by atoms with van der Waals surface area (Å²) in [6.07, 6.45) is -0.223. The number of ether oxygens (including phenoxy) is 1. The first-order chi connectivity index (χ1) is 15.9. The number of halogens is 2. The highest BCUT2D eigenvalue weighted by atomic mass is 19.1. The number of rotatable bonds is 6. The molecule has 33 heavy (non-hydrogen) atoms. The smallest absolute Gasteiger partial charge is 0.257 e. The molecule has 1 saturated heterocycles. The summed E-state index contributed by atoms with van der Waals surface area (Å²) in [6.45, 7) is -0.00785. The van der Waals surface area contributed by atoms with Gasteiger partial charge in [0.05, 0.1) is 19.2 Å². The van der Waals surface area contributed by atoms with Crippen LogP contribution < -0.4 is 9.64 Å². The lowest BCUT2D eigenvalue weighted by atomic mass is 10.1. The van der Waals surface area contributed by atoms with Gasteiger partial charge in [-0.1, -0.05) is 12.1 Å². The molecule has 0 aliphatic carbocycles. The normalized spacial score (nSPS) is 15.6. The zero-order valence-electron chi connectivity index (χ0n) is 17.7. The lowest BCUT2D eigenvalue weighted by Gasteiger charge is -2.28. The standard InChI is InChI=1S/C25H20F2N2O4/c1-33-21-12-4-17(5-13-21)24(31)28(15-16-2-6-18(26)7-3-16)22-14-23(30)29(25(22)32)20-10-8-19(27)9-11-20/h2-13,22H,14-15H2,1H3. The summed E-state index contributed by atoms with van der Waals surface area (Å²) < 4.78 is 31.8. The molecule has 1 fully saturated rings. The van der Waals surface area contributed by atoms with Crippen molar-refractivity contribution in [3.05, 3.63) is 95.6 Å². The third-order valence-electron chi connectivity index (χ3n) is 5.45. The zero-order valence-corrected chi connectivity index (χ0v) is 17.7. The molecule has 1 unspecified atom stereocenters. The van der Waals surface area contributed by atoms with Gasteiger partial charge in [0.1, 0.15) is 23.4 Å². The van der Waals surface area contributed by atoms with Crippen LogP contribution in [0.2, 0.25) is 0 Å². The molecule has 1 atom stereocenters. The number of nitrogens with zero attached hydrogens (tertiary/aromatic N) is 2. The molecule has 3 aromatic carbocycles. The quantitative estimate of drug-likeness (QED) is 0.534. The lowest BCUT2D eigenvalue weighted by Crippen LogP contribution is -2.45. The van der Waals surface area contributed by atoms with Crippen molar-refractivity contribution in [3.8, 4) is 5.75 Å². The van der Waals surface area contributed by atoms with Crippen LogP contribution in [-0.4, -0.2) is 35.8 Å². The molecule has 0 bridgehead atoms. The highest BCUT2D eigenvalue weighted by Gasteiger charge is 2.44.